The maximum absolute atomic E-state index is 14.2. The molecule has 0 bridgehead atoms. The van der Waals surface area contributed by atoms with E-state index in [2.05, 4.69) is 14.9 Å². The number of hydrogen-bond acceptors (Lipinski definition) is 3. The molecule has 1 spiro atoms. The van der Waals surface area contributed by atoms with Crippen molar-refractivity contribution in [2.24, 2.45) is 5.41 Å². The first kappa shape index (κ1) is 12.8. The van der Waals surface area contributed by atoms with Gasteiger partial charge >= 0.3 is 0 Å². The molecule has 110 valence electrons. The summed E-state index contributed by atoms with van der Waals surface area (Å²) >= 11 is 0. The molecule has 2 aliphatic rings. The molecule has 21 heavy (non-hydrogen) atoms. The van der Waals surface area contributed by atoms with Crippen molar-refractivity contribution in [1.82, 2.24) is 14.5 Å². The van der Waals surface area contributed by atoms with Crippen LogP contribution in [0.25, 0.3) is 0 Å². The van der Waals surface area contributed by atoms with Gasteiger partial charge in [0.25, 0.3) is 0 Å². The Labute approximate surface area is 123 Å². The zero-order chi connectivity index (χ0) is 14.4. The Morgan fingerprint density at radius 1 is 1.29 bits per heavy atom. The normalized spacial score (nSPS) is 18.9. The highest BCUT2D eigenvalue weighted by Gasteiger charge is 2.52. The molecule has 5 heteroatoms. The quantitative estimate of drug-likeness (QED) is 0.810. The summed E-state index contributed by atoms with van der Waals surface area (Å²) in [4.78, 5) is 10.6. The molecule has 1 aliphatic carbocycles. The molecule has 0 atom stereocenters. The Kier molecular flexibility index (Phi) is 2.77. The van der Waals surface area contributed by atoms with Gasteiger partial charge in [0.05, 0.1) is 6.54 Å². The summed E-state index contributed by atoms with van der Waals surface area (Å²) in [6.07, 6.45) is 7.14. The average Bonchev–Trinajstić information content (AvgIpc) is 3.13. The van der Waals surface area contributed by atoms with Gasteiger partial charge in [0.15, 0.2) is 0 Å². The van der Waals surface area contributed by atoms with Crippen LogP contribution < -0.4 is 4.90 Å². The van der Waals surface area contributed by atoms with Crippen LogP contribution >= 0.6 is 0 Å². The number of anilines is 1. The summed E-state index contributed by atoms with van der Waals surface area (Å²) in [6.45, 7) is 4.63. The molecular weight excluding hydrogens is 267 g/mol. The molecule has 1 saturated carbocycles. The van der Waals surface area contributed by atoms with Gasteiger partial charge in [0.1, 0.15) is 11.6 Å². The van der Waals surface area contributed by atoms with Gasteiger partial charge in [-0.25, -0.2) is 9.97 Å². The minimum Gasteiger partial charge on any atom is -0.355 e. The molecule has 0 aromatic carbocycles. The zero-order valence-corrected chi connectivity index (χ0v) is 12.2. The molecule has 0 N–H and O–H groups in total. The van der Waals surface area contributed by atoms with Crippen LogP contribution in [0.3, 0.4) is 0 Å². The van der Waals surface area contributed by atoms with Crippen LogP contribution in [0, 0.1) is 11.4 Å². The van der Waals surface area contributed by atoms with Gasteiger partial charge in [-0.2, -0.15) is 4.39 Å². The van der Waals surface area contributed by atoms with E-state index in [1.807, 2.05) is 29.8 Å². The van der Waals surface area contributed by atoms with E-state index in [4.69, 9.17) is 0 Å². The van der Waals surface area contributed by atoms with Crippen LogP contribution in [0.2, 0.25) is 0 Å². The molecule has 2 fully saturated rings. The smallest absolute Gasteiger partial charge is 0.219 e. The first-order chi connectivity index (χ1) is 10.2. The fourth-order valence-electron chi connectivity index (χ4n) is 3.15. The number of nitrogens with zero attached hydrogens (tertiary/aromatic N) is 4. The molecule has 4 rings (SSSR count). The van der Waals surface area contributed by atoms with Crippen LogP contribution in [0.1, 0.15) is 31.2 Å². The maximum Gasteiger partial charge on any atom is 0.219 e. The second-order valence-corrected chi connectivity index (χ2v) is 6.30. The standard InChI is InChI=1S/C16H19FN4/c1-2-13-18-7-8-20(13)9-12-3-4-14(19-15(12)17)21-10-16(11-21)5-6-16/h3-4,7-8H,2,5-6,9-11H2,1H3. The van der Waals surface area contributed by atoms with Crippen LogP contribution in [0.5, 0.6) is 0 Å². The lowest BCUT2D eigenvalue weighted by atomic mass is 9.97. The molecule has 0 radical (unpaired) electrons. The van der Waals surface area contributed by atoms with E-state index in [1.54, 1.807) is 6.20 Å². The van der Waals surface area contributed by atoms with Crippen LogP contribution in [-0.2, 0) is 13.0 Å². The minimum atomic E-state index is -0.361. The lowest BCUT2D eigenvalue weighted by molar-refractivity contribution is 0.382. The summed E-state index contributed by atoms with van der Waals surface area (Å²) in [5, 5.41) is 0. The van der Waals surface area contributed by atoms with Crippen molar-refractivity contribution in [1.29, 1.82) is 0 Å². The summed E-state index contributed by atoms with van der Waals surface area (Å²) in [7, 11) is 0. The third-order valence-corrected chi connectivity index (χ3v) is 4.70. The third kappa shape index (κ3) is 2.20. The van der Waals surface area contributed by atoms with Gasteiger partial charge in [-0.1, -0.05) is 6.92 Å². The highest BCUT2D eigenvalue weighted by Crippen LogP contribution is 2.53. The summed E-state index contributed by atoms with van der Waals surface area (Å²) in [5.74, 6) is 1.38. The second kappa shape index (κ2) is 4.55. The molecular formula is C16H19FN4. The third-order valence-electron chi connectivity index (χ3n) is 4.70. The van der Waals surface area contributed by atoms with E-state index in [-0.39, 0.29) is 5.95 Å². The maximum atomic E-state index is 14.2. The molecule has 0 unspecified atom stereocenters. The molecule has 1 saturated heterocycles. The molecule has 2 aromatic rings. The largest absolute Gasteiger partial charge is 0.355 e. The van der Waals surface area contributed by atoms with Crippen LogP contribution in [-0.4, -0.2) is 27.6 Å². The Morgan fingerprint density at radius 2 is 2.10 bits per heavy atom. The second-order valence-electron chi connectivity index (χ2n) is 6.30. The number of aryl methyl sites for hydroxylation is 1. The van der Waals surface area contributed by atoms with Gasteiger partial charge < -0.3 is 9.47 Å². The average molecular weight is 286 g/mol. The predicted octanol–water partition coefficient (Wildman–Crippen LogP) is 2.63. The SMILES string of the molecule is CCc1nccn1Cc1ccc(N2CC3(CC3)C2)nc1F. The molecule has 1 aliphatic heterocycles. The number of rotatable bonds is 4. The van der Waals surface area contributed by atoms with Crippen LogP contribution in [0.4, 0.5) is 10.2 Å². The molecule has 0 amide bonds. The molecule has 2 aromatic heterocycles. The van der Waals surface area contributed by atoms with Crippen molar-refractivity contribution in [3.8, 4) is 0 Å². The molecule has 3 heterocycles. The first-order valence-electron chi connectivity index (χ1n) is 7.59. The van der Waals surface area contributed by atoms with Gasteiger partial charge in [-0.05, 0) is 25.0 Å². The van der Waals surface area contributed by atoms with E-state index >= 15 is 0 Å². The van der Waals surface area contributed by atoms with Crippen LogP contribution in [0.15, 0.2) is 24.5 Å². The molecule has 4 nitrogen and oxygen atoms in total. The number of imidazole rings is 1. The fourth-order valence-corrected chi connectivity index (χ4v) is 3.15. The number of hydrogen-bond donors (Lipinski definition) is 0. The minimum absolute atomic E-state index is 0.361. The highest BCUT2D eigenvalue weighted by atomic mass is 19.1. The Balaban J connectivity index is 1.51. The van der Waals surface area contributed by atoms with Crippen molar-refractivity contribution >= 4 is 5.82 Å². The van der Waals surface area contributed by atoms with E-state index < -0.39 is 0 Å². The zero-order valence-electron chi connectivity index (χ0n) is 12.2. The number of aromatic nitrogens is 3. The Hall–Kier alpha value is -1.91. The van der Waals surface area contributed by atoms with Crippen molar-refractivity contribution < 1.29 is 4.39 Å². The highest BCUT2D eigenvalue weighted by molar-refractivity contribution is 5.45. The number of pyridine rings is 1. The summed E-state index contributed by atoms with van der Waals surface area (Å²) in [5.41, 5.74) is 1.18. The monoisotopic (exact) mass is 286 g/mol. The fraction of sp³-hybridized carbons (Fsp3) is 0.500. The lowest BCUT2D eigenvalue weighted by Gasteiger charge is -2.40. The van der Waals surface area contributed by atoms with Gasteiger partial charge in [0.2, 0.25) is 5.95 Å². The Morgan fingerprint density at radius 3 is 2.76 bits per heavy atom. The van der Waals surface area contributed by atoms with Crippen molar-refractivity contribution in [2.45, 2.75) is 32.7 Å². The van der Waals surface area contributed by atoms with Crippen molar-refractivity contribution in [2.75, 3.05) is 18.0 Å². The summed E-state index contributed by atoms with van der Waals surface area (Å²) < 4.78 is 16.2. The van der Waals surface area contributed by atoms with E-state index in [1.165, 1.54) is 12.8 Å². The van der Waals surface area contributed by atoms with Crippen molar-refractivity contribution in [3.05, 3.63) is 41.9 Å². The predicted molar refractivity (Wildman–Crippen MR) is 78.8 cm³/mol. The van der Waals surface area contributed by atoms with Crippen molar-refractivity contribution in [3.63, 3.8) is 0 Å². The van der Waals surface area contributed by atoms with Gasteiger partial charge in [-0.3, -0.25) is 0 Å². The lowest BCUT2D eigenvalue weighted by Crippen LogP contribution is -2.48. The van der Waals surface area contributed by atoms with Gasteiger partial charge in [0, 0.05) is 42.9 Å². The van der Waals surface area contributed by atoms with E-state index in [9.17, 15) is 4.39 Å². The van der Waals surface area contributed by atoms with E-state index in [0.717, 1.165) is 31.2 Å². The topological polar surface area (TPSA) is 34.0 Å². The Bertz CT molecular complexity index is 667. The summed E-state index contributed by atoms with van der Waals surface area (Å²) in [6, 6.07) is 3.80. The number of halogens is 1. The van der Waals surface area contributed by atoms with Gasteiger partial charge in [-0.15, -0.1) is 0 Å². The first-order valence-corrected chi connectivity index (χ1v) is 7.59. The van der Waals surface area contributed by atoms with E-state index in [0.29, 0.717) is 17.5 Å².